The van der Waals surface area contributed by atoms with Gasteiger partial charge in [0.1, 0.15) is 0 Å². The summed E-state index contributed by atoms with van der Waals surface area (Å²) >= 11 is 1.75. The van der Waals surface area contributed by atoms with Crippen molar-refractivity contribution in [2.45, 2.75) is 11.2 Å². The van der Waals surface area contributed by atoms with E-state index < -0.39 is 0 Å². The maximum atomic E-state index is 10.6. The fraction of sp³-hybridized carbons (Fsp3) is 0.375. The van der Waals surface area contributed by atoms with E-state index in [-0.39, 0.29) is 32.0 Å². The number of rotatable bonds is 2. The van der Waals surface area contributed by atoms with Crippen molar-refractivity contribution in [1.29, 1.82) is 0 Å². The Morgan fingerprint density at radius 3 is 3.00 bits per heavy atom. The molecule has 1 aliphatic rings. The minimum Gasteiger partial charge on any atom is -0.287 e. The summed E-state index contributed by atoms with van der Waals surface area (Å²) in [5, 5.41) is 3.43. The molecule has 1 aromatic heterocycles. The molecule has 0 saturated carbocycles. The number of aromatic nitrogens is 1. The van der Waals surface area contributed by atoms with E-state index in [9.17, 15) is 4.57 Å². The molecule has 1 aromatic rings. The van der Waals surface area contributed by atoms with Crippen molar-refractivity contribution in [3.05, 3.63) is 30.1 Å². The van der Waals surface area contributed by atoms with Crippen LogP contribution >= 0.6 is 32.6 Å². The van der Waals surface area contributed by atoms with Crippen molar-refractivity contribution in [3.8, 4) is 0 Å². The first kappa shape index (κ1) is 11.9. The Kier molecular flexibility index (Phi) is 4.82. The second-order valence-corrected chi connectivity index (χ2v) is 4.73. The van der Waals surface area contributed by atoms with Crippen LogP contribution in [0.4, 0.5) is 0 Å². The molecule has 1 saturated heterocycles. The Morgan fingerprint density at radius 1 is 1.57 bits per heavy atom. The second-order valence-electron chi connectivity index (χ2n) is 2.76. The SMILES string of the molecule is Cl.O=PC1CSC(c2ccccn2)N1. The van der Waals surface area contributed by atoms with Crippen LogP contribution in [-0.4, -0.2) is 16.5 Å². The van der Waals surface area contributed by atoms with Crippen molar-refractivity contribution >= 4 is 32.6 Å². The maximum absolute atomic E-state index is 10.6. The van der Waals surface area contributed by atoms with Crippen LogP contribution in [-0.2, 0) is 4.57 Å². The summed E-state index contributed by atoms with van der Waals surface area (Å²) in [7, 11) is 0.177. The molecule has 1 fully saturated rings. The zero-order valence-electron chi connectivity index (χ0n) is 7.29. The highest BCUT2D eigenvalue weighted by Crippen LogP contribution is 2.34. The number of hydrogen-bond donors (Lipinski definition) is 1. The van der Waals surface area contributed by atoms with Gasteiger partial charge < -0.3 is 0 Å². The van der Waals surface area contributed by atoms with Crippen molar-refractivity contribution in [2.24, 2.45) is 0 Å². The van der Waals surface area contributed by atoms with Gasteiger partial charge in [0.15, 0.2) is 8.46 Å². The van der Waals surface area contributed by atoms with Crippen LogP contribution in [0.2, 0.25) is 0 Å². The lowest BCUT2D eigenvalue weighted by Crippen LogP contribution is -2.20. The molecule has 2 atom stereocenters. The van der Waals surface area contributed by atoms with Gasteiger partial charge in [0.05, 0.1) is 16.9 Å². The third kappa shape index (κ3) is 2.67. The molecule has 0 radical (unpaired) electrons. The molecule has 6 heteroatoms. The summed E-state index contributed by atoms with van der Waals surface area (Å²) < 4.78 is 10.6. The molecule has 0 aromatic carbocycles. The zero-order chi connectivity index (χ0) is 9.10. The smallest absolute Gasteiger partial charge is 0.175 e. The predicted molar refractivity (Wildman–Crippen MR) is 61.2 cm³/mol. The summed E-state index contributed by atoms with van der Waals surface area (Å²) in [6.45, 7) is 0. The van der Waals surface area contributed by atoms with Gasteiger partial charge in [-0.05, 0) is 12.1 Å². The molecule has 0 spiro atoms. The molecule has 0 aliphatic carbocycles. The molecule has 1 N–H and O–H groups in total. The minimum atomic E-state index is 0. The van der Waals surface area contributed by atoms with Crippen LogP contribution in [0.3, 0.4) is 0 Å². The van der Waals surface area contributed by atoms with E-state index in [4.69, 9.17) is 0 Å². The number of halogens is 1. The highest BCUT2D eigenvalue weighted by atomic mass is 35.5. The van der Waals surface area contributed by atoms with E-state index in [1.807, 2.05) is 18.2 Å². The Bertz CT molecular complexity index is 301. The molecule has 2 unspecified atom stereocenters. The van der Waals surface area contributed by atoms with Gasteiger partial charge in [0.2, 0.25) is 0 Å². The van der Waals surface area contributed by atoms with E-state index in [1.54, 1.807) is 18.0 Å². The van der Waals surface area contributed by atoms with Crippen molar-refractivity contribution in [3.63, 3.8) is 0 Å². The summed E-state index contributed by atoms with van der Waals surface area (Å²) in [6.07, 6.45) is 1.78. The van der Waals surface area contributed by atoms with Crippen LogP contribution in [0, 0.1) is 0 Å². The number of hydrogen-bond acceptors (Lipinski definition) is 4. The first-order valence-corrected chi connectivity index (χ1v) is 5.94. The van der Waals surface area contributed by atoms with Crippen LogP contribution in [0.25, 0.3) is 0 Å². The van der Waals surface area contributed by atoms with Crippen LogP contribution in [0.5, 0.6) is 0 Å². The molecule has 2 rings (SSSR count). The van der Waals surface area contributed by atoms with Crippen molar-refractivity contribution in [2.75, 3.05) is 5.75 Å². The molecule has 0 bridgehead atoms. The van der Waals surface area contributed by atoms with Gasteiger partial charge in [-0.15, -0.1) is 24.2 Å². The fourth-order valence-corrected chi connectivity index (χ4v) is 3.08. The quantitative estimate of drug-likeness (QED) is 0.817. The van der Waals surface area contributed by atoms with E-state index in [1.165, 1.54) is 0 Å². The van der Waals surface area contributed by atoms with E-state index in [0.717, 1.165) is 11.4 Å². The lowest BCUT2D eigenvalue weighted by atomic mass is 10.3. The molecule has 2 heterocycles. The summed E-state index contributed by atoms with van der Waals surface area (Å²) in [6, 6.07) is 5.84. The van der Waals surface area contributed by atoms with Crippen LogP contribution in [0.15, 0.2) is 24.4 Å². The lowest BCUT2D eigenvalue weighted by Gasteiger charge is -2.08. The number of nitrogens with one attached hydrogen (secondary N) is 1. The minimum absolute atomic E-state index is 0. The van der Waals surface area contributed by atoms with Crippen molar-refractivity contribution < 1.29 is 4.57 Å². The Labute approximate surface area is 94.7 Å². The van der Waals surface area contributed by atoms with Gasteiger partial charge in [0.25, 0.3) is 0 Å². The Morgan fingerprint density at radius 2 is 2.43 bits per heavy atom. The first-order chi connectivity index (χ1) is 6.40. The fourth-order valence-electron chi connectivity index (χ4n) is 1.22. The summed E-state index contributed by atoms with van der Waals surface area (Å²) in [4.78, 5) is 4.24. The highest BCUT2D eigenvalue weighted by Gasteiger charge is 2.26. The second kappa shape index (κ2) is 5.66. The molecular weight excluding hydrogens is 239 g/mol. The molecule has 3 nitrogen and oxygen atoms in total. The Balaban J connectivity index is 0.000000980. The van der Waals surface area contributed by atoms with E-state index >= 15 is 0 Å². The van der Waals surface area contributed by atoms with Crippen LogP contribution < -0.4 is 5.32 Å². The standard InChI is InChI=1S/C8H9N2OPS.ClH/c11-12-7-5-13-8(10-7)6-3-1-2-4-9-6;/h1-4,7-8,10H,5H2;1H. The third-order valence-electron chi connectivity index (χ3n) is 1.85. The zero-order valence-corrected chi connectivity index (χ0v) is 9.82. The molecule has 0 amide bonds. The summed E-state index contributed by atoms with van der Waals surface area (Å²) in [5.41, 5.74) is 1.01. The number of thioether (sulfide) groups is 1. The van der Waals surface area contributed by atoms with E-state index in [0.29, 0.717) is 0 Å². The van der Waals surface area contributed by atoms with E-state index in [2.05, 4.69) is 10.3 Å². The summed E-state index contributed by atoms with van der Waals surface area (Å²) in [5.74, 6) is 0.962. The molecule has 76 valence electrons. The van der Waals surface area contributed by atoms with Gasteiger partial charge in [-0.2, -0.15) is 0 Å². The Hall–Kier alpha value is -0.150. The largest absolute Gasteiger partial charge is 0.287 e. The third-order valence-corrected chi connectivity index (χ3v) is 3.92. The molecule has 1 aliphatic heterocycles. The van der Waals surface area contributed by atoms with Gasteiger partial charge in [-0.1, -0.05) is 6.07 Å². The predicted octanol–water partition coefficient (Wildman–Crippen LogP) is 2.46. The molecular formula is C8H10ClN2OPS. The van der Waals surface area contributed by atoms with Gasteiger partial charge in [-0.3, -0.25) is 14.9 Å². The lowest BCUT2D eigenvalue weighted by molar-refractivity contribution is 0.581. The van der Waals surface area contributed by atoms with Gasteiger partial charge in [0, 0.05) is 11.9 Å². The first-order valence-electron chi connectivity index (χ1n) is 4.01. The van der Waals surface area contributed by atoms with Crippen molar-refractivity contribution in [1.82, 2.24) is 10.3 Å². The maximum Gasteiger partial charge on any atom is 0.175 e. The highest BCUT2D eigenvalue weighted by molar-refractivity contribution is 8.00. The average molecular weight is 249 g/mol. The van der Waals surface area contributed by atoms with Gasteiger partial charge >= 0.3 is 0 Å². The number of pyridine rings is 1. The molecule has 14 heavy (non-hydrogen) atoms. The number of nitrogens with zero attached hydrogens (tertiary/aromatic N) is 1. The van der Waals surface area contributed by atoms with Crippen LogP contribution in [0.1, 0.15) is 11.1 Å². The normalized spacial score (nSPS) is 26.0. The monoisotopic (exact) mass is 248 g/mol. The topological polar surface area (TPSA) is 42.0 Å². The van der Waals surface area contributed by atoms with Gasteiger partial charge in [-0.25, -0.2) is 0 Å². The average Bonchev–Trinajstić information content (AvgIpc) is 2.67.